The minimum atomic E-state index is -0.574. The SMILES string of the molecule is O=C(COC(=O)/C=C/c1ccc(Cl)c(Cl)c1)NC1CCCCC1. The molecule has 1 saturated carbocycles. The van der Waals surface area contributed by atoms with E-state index >= 15 is 0 Å². The molecule has 0 bridgehead atoms. The summed E-state index contributed by atoms with van der Waals surface area (Å²) in [5, 5.41) is 3.75. The van der Waals surface area contributed by atoms with Crippen molar-refractivity contribution in [3.8, 4) is 0 Å². The Morgan fingerprint density at radius 3 is 2.61 bits per heavy atom. The fourth-order valence-electron chi connectivity index (χ4n) is 2.48. The first-order valence-electron chi connectivity index (χ1n) is 7.64. The highest BCUT2D eigenvalue weighted by molar-refractivity contribution is 6.42. The number of esters is 1. The molecule has 124 valence electrons. The van der Waals surface area contributed by atoms with Gasteiger partial charge < -0.3 is 10.1 Å². The molecular weight excluding hydrogens is 337 g/mol. The summed E-state index contributed by atoms with van der Waals surface area (Å²) in [6.45, 7) is -0.263. The summed E-state index contributed by atoms with van der Waals surface area (Å²) >= 11 is 11.7. The summed E-state index contributed by atoms with van der Waals surface area (Å²) in [6.07, 6.45) is 8.31. The number of rotatable bonds is 5. The van der Waals surface area contributed by atoms with Gasteiger partial charge in [0.25, 0.3) is 5.91 Å². The first kappa shape index (κ1) is 17.8. The zero-order valence-electron chi connectivity index (χ0n) is 12.7. The van der Waals surface area contributed by atoms with Crippen LogP contribution in [0.5, 0.6) is 0 Å². The topological polar surface area (TPSA) is 55.4 Å². The highest BCUT2D eigenvalue weighted by Gasteiger charge is 2.16. The van der Waals surface area contributed by atoms with E-state index in [4.69, 9.17) is 27.9 Å². The van der Waals surface area contributed by atoms with E-state index in [0.29, 0.717) is 10.0 Å². The maximum atomic E-state index is 11.7. The normalized spacial score (nSPS) is 15.6. The highest BCUT2D eigenvalue weighted by atomic mass is 35.5. The molecule has 1 aromatic carbocycles. The molecule has 1 aliphatic rings. The van der Waals surface area contributed by atoms with Crippen molar-refractivity contribution >= 4 is 41.2 Å². The molecule has 0 saturated heterocycles. The van der Waals surface area contributed by atoms with E-state index in [9.17, 15) is 9.59 Å². The zero-order valence-corrected chi connectivity index (χ0v) is 14.2. The van der Waals surface area contributed by atoms with Crippen LogP contribution in [0.15, 0.2) is 24.3 Å². The molecule has 0 aliphatic heterocycles. The molecule has 1 aliphatic carbocycles. The summed E-state index contributed by atoms with van der Waals surface area (Å²) in [6, 6.07) is 5.23. The number of carbonyl (C=O) groups is 2. The fraction of sp³-hybridized carbons (Fsp3) is 0.412. The molecule has 0 atom stereocenters. The van der Waals surface area contributed by atoms with Crippen LogP contribution in [0.2, 0.25) is 10.0 Å². The largest absolute Gasteiger partial charge is 0.452 e. The number of hydrogen-bond donors (Lipinski definition) is 1. The van der Waals surface area contributed by atoms with Crippen molar-refractivity contribution in [2.45, 2.75) is 38.1 Å². The van der Waals surface area contributed by atoms with Crippen molar-refractivity contribution < 1.29 is 14.3 Å². The van der Waals surface area contributed by atoms with Gasteiger partial charge in [0, 0.05) is 12.1 Å². The molecule has 1 fully saturated rings. The van der Waals surface area contributed by atoms with Gasteiger partial charge in [0.05, 0.1) is 10.0 Å². The van der Waals surface area contributed by atoms with Crippen molar-refractivity contribution in [1.29, 1.82) is 0 Å². The number of carbonyl (C=O) groups excluding carboxylic acids is 2. The van der Waals surface area contributed by atoms with Crippen LogP contribution in [0.1, 0.15) is 37.7 Å². The van der Waals surface area contributed by atoms with Gasteiger partial charge >= 0.3 is 5.97 Å². The lowest BCUT2D eigenvalue weighted by Crippen LogP contribution is -2.38. The van der Waals surface area contributed by atoms with Crippen LogP contribution in [-0.4, -0.2) is 24.5 Å². The van der Waals surface area contributed by atoms with Gasteiger partial charge in [-0.2, -0.15) is 0 Å². The molecular formula is C17H19Cl2NO3. The molecule has 6 heteroatoms. The molecule has 23 heavy (non-hydrogen) atoms. The van der Waals surface area contributed by atoms with Gasteiger partial charge in [-0.1, -0.05) is 48.5 Å². The quantitative estimate of drug-likeness (QED) is 0.641. The zero-order chi connectivity index (χ0) is 16.7. The molecule has 0 unspecified atom stereocenters. The second-order valence-electron chi connectivity index (χ2n) is 5.52. The third-order valence-corrected chi connectivity index (χ3v) is 4.41. The van der Waals surface area contributed by atoms with Crippen molar-refractivity contribution in [2.75, 3.05) is 6.61 Å². The number of benzene rings is 1. The minimum absolute atomic E-state index is 0.210. The van der Waals surface area contributed by atoms with Crippen LogP contribution in [0.3, 0.4) is 0 Å². The van der Waals surface area contributed by atoms with Gasteiger partial charge in [-0.25, -0.2) is 4.79 Å². The van der Waals surface area contributed by atoms with Crippen LogP contribution >= 0.6 is 23.2 Å². The molecule has 2 rings (SSSR count). The van der Waals surface area contributed by atoms with Gasteiger partial charge in [-0.05, 0) is 36.6 Å². The van der Waals surface area contributed by atoms with Crippen LogP contribution in [0.4, 0.5) is 0 Å². The van der Waals surface area contributed by atoms with Crippen LogP contribution < -0.4 is 5.32 Å². The lowest BCUT2D eigenvalue weighted by molar-refractivity contribution is -0.144. The summed E-state index contributed by atoms with van der Waals surface area (Å²) in [5.41, 5.74) is 0.725. The third kappa shape index (κ3) is 6.24. The third-order valence-electron chi connectivity index (χ3n) is 3.67. The standard InChI is InChI=1S/C17H19Cl2NO3/c18-14-8-6-12(10-15(14)19)7-9-17(22)23-11-16(21)20-13-4-2-1-3-5-13/h6-10,13H,1-5,11H2,(H,20,21)/b9-7+. The average Bonchev–Trinajstić information content (AvgIpc) is 2.55. The number of nitrogens with one attached hydrogen (secondary N) is 1. The van der Waals surface area contributed by atoms with E-state index in [1.54, 1.807) is 24.3 Å². The first-order valence-corrected chi connectivity index (χ1v) is 8.39. The van der Waals surface area contributed by atoms with E-state index in [2.05, 4.69) is 5.32 Å². The van der Waals surface area contributed by atoms with Crippen molar-refractivity contribution in [3.05, 3.63) is 39.9 Å². The minimum Gasteiger partial charge on any atom is -0.452 e. The Labute approximate surface area is 145 Å². The van der Waals surface area contributed by atoms with E-state index in [1.807, 2.05) is 0 Å². The Hall–Kier alpha value is -1.52. The number of halogens is 2. The average molecular weight is 356 g/mol. The molecule has 0 spiro atoms. The predicted molar refractivity (Wildman–Crippen MR) is 91.5 cm³/mol. The number of hydrogen-bond acceptors (Lipinski definition) is 3. The van der Waals surface area contributed by atoms with Gasteiger partial charge in [-0.3, -0.25) is 4.79 Å². The van der Waals surface area contributed by atoms with Crippen LogP contribution in [-0.2, 0) is 14.3 Å². The molecule has 1 aromatic rings. The molecule has 1 N–H and O–H groups in total. The fourth-order valence-corrected chi connectivity index (χ4v) is 2.79. The lowest BCUT2D eigenvalue weighted by atomic mass is 9.95. The van der Waals surface area contributed by atoms with Gasteiger partial charge in [0.15, 0.2) is 6.61 Å². The monoisotopic (exact) mass is 355 g/mol. The Bertz CT molecular complexity index is 596. The Morgan fingerprint density at radius 2 is 1.91 bits per heavy atom. The van der Waals surface area contributed by atoms with Crippen molar-refractivity contribution in [3.63, 3.8) is 0 Å². The summed E-state index contributed by atoms with van der Waals surface area (Å²) in [5.74, 6) is -0.831. The smallest absolute Gasteiger partial charge is 0.331 e. The van der Waals surface area contributed by atoms with E-state index in [-0.39, 0.29) is 18.6 Å². The van der Waals surface area contributed by atoms with Crippen LogP contribution in [0.25, 0.3) is 6.08 Å². The lowest BCUT2D eigenvalue weighted by Gasteiger charge is -2.22. The number of ether oxygens (including phenoxy) is 1. The van der Waals surface area contributed by atoms with E-state index in [0.717, 1.165) is 31.2 Å². The Kier molecular flexibility index (Phi) is 6.93. The highest BCUT2D eigenvalue weighted by Crippen LogP contribution is 2.23. The van der Waals surface area contributed by atoms with Crippen LogP contribution in [0, 0.1) is 0 Å². The van der Waals surface area contributed by atoms with Crippen molar-refractivity contribution in [1.82, 2.24) is 5.32 Å². The second-order valence-corrected chi connectivity index (χ2v) is 6.33. The molecule has 0 radical (unpaired) electrons. The Balaban J connectivity index is 1.74. The summed E-state index contributed by atoms with van der Waals surface area (Å²) in [4.78, 5) is 23.3. The number of amides is 1. The molecule has 0 heterocycles. The van der Waals surface area contributed by atoms with Crippen molar-refractivity contribution in [2.24, 2.45) is 0 Å². The van der Waals surface area contributed by atoms with Gasteiger partial charge in [-0.15, -0.1) is 0 Å². The molecule has 0 aromatic heterocycles. The summed E-state index contributed by atoms with van der Waals surface area (Å²) in [7, 11) is 0. The predicted octanol–water partition coefficient (Wildman–Crippen LogP) is 4.00. The molecule has 1 amide bonds. The van der Waals surface area contributed by atoms with Gasteiger partial charge in [0.1, 0.15) is 0 Å². The maximum Gasteiger partial charge on any atom is 0.331 e. The van der Waals surface area contributed by atoms with E-state index < -0.39 is 5.97 Å². The maximum absolute atomic E-state index is 11.7. The second kappa shape index (κ2) is 8.94. The van der Waals surface area contributed by atoms with Gasteiger partial charge in [0.2, 0.25) is 0 Å². The summed E-state index contributed by atoms with van der Waals surface area (Å²) < 4.78 is 4.92. The first-order chi connectivity index (χ1) is 11.0. The Morgan fingerprint density at radius 1 is 1.17 bits per heavy atom. The molecule has 4 nitrogen and oxygen atoms in total. The van der Waals surface area contributed by atoms with E-state index in [1.165, 1.54) is 12.5 Å².